The quantitative estimate of drug-likeness (QED) is 0.731. The maximum absolute atomic E-state index is 12.1. The normalized spacial score (nSPS) is 13.8. The van der Waals surface area contributed by atoms with Crippen molar-refractivity contribution in [1.29, 1.82) is 0 Å². The van der Waals surface area contributed by atoms with E-state index in [1.54, 1.807) is 30.3 Å². The highest BCUT2D eigenvalue weighted by Crippen LogP contribution is 2.18. The first kappa shape index (κ1) is 19.1. The highest BCUT2D eigenvalue weighted by molar-refractivity contribution is 6.30. The molecule has 1 aromatic carbocycles. The van der Waals surface area contributed by atoms with Gasteiger partial charge in [0, 0.05) is 42.7 Å². The number of hydrogen-bond acceptors (Lipinski definition) is 4. The standard InChI is InChI=1S/C19H21ClN4O3/c20-15-6-4-14(5-7-15)16-8-9-19(27)24(22-16)13-17(25)21-10-2-12-23-11-1-3-18(23)26/h4-9H,1-3,10-13H2,(H,21,25). The van der Waals surface area contributed by atoms with Gasteiger partial charge in [-0.15, -0.1) is 0 Å². The van der Waals surface area contributed by atoms with Crippen molar-refractivity contribution in [3.8, 4) is 11.3 Å². The fourth-order valence-corrected chi connectivity index (χ4v) is 3.09. The topological polar surface area (TPSA) is 84.3 Å². The Morgan fingerprint density at radius 1 is 1.15 bits per heavy atom. The summed E-state index contributed by atoms with van der Waals surface area (Å²) in [6.45, 7) is 1.74. The molecule has 0 atom stereocenters. The molecule has 0 unspecified atom stereocenters. The number of carbonyl (C=O) groups is 2. The molecule has 0 saturated carbocycles. The molecule has 7 nitrogen and oxygen atoms in total. The molecule has 1 aromatic heterocycles. The molecule has 1 saturated heterocycles. The van der Waals surface area contributed by atoms with Crippen molar-refractivity contribution < 1.29 is 9.59 Å². The molecule has 0 radical (unpaired) electrons. The predicted octanol–water partition coefficient (Wildman–Crippen LogP) is 1.69. The first-order chi connectivity index (χ1) is 13.0. The summed E-state index contributed by atoms with van der Waals surface area (Å²) < 4.78 is 1.14. The fourth-order valence-electron chi connectivity index (χ4n) is 2.97. The predicted molar refractivity (Wildman–Crippen MR) is 102 cm³/mol. The van der Waals surface area contributed by atoms with Crippen molar-refractivity contribution in [1.82, 2.24) is 20.0 Å². The van der Waals surface area contributed by atoms with Gasteiger partial charge in [-0.2, -0.15) is 5.10 Å². The van der Waals surface area contributed by atoms with E-state index in [9.17, 15) is 14.4 Å². The van der Waals surface area contributed by atoms with Crippen LogP contribution in [0, 0.1) is 0 Å². The maximum Gasteiger partial charge on any atom is 0.267 e. The molecule has 27 heavy (non-hydrogen) atoms. The molecule has 0 bridgehead atoms. The molecule has 1 aliphatic rings. The van der Waals surface area contributed by atoms with Crippen LogP contribution in [0.4, 0.5) is 0 Å². The summed E-state index contributed by atoms with van der Waals surface area (Å²) >= 11 is 5.88. The zero-order valence-electron chi connectivity index (χ0n) is 14.9. The van der Waals surface area contributed by atoms with E-state index in [0.29, 0.717) is 36.6 Å². The molecule has 2 aromatic rings. The van der Waals surface area contributed by atoms with E-state index in [0.717, 1.165) is 23.2 Å². The van der Waals surface area contributed by atoms with Crippen molar-refractivity contribution in [2.75, 3.05) is 19.6 Å². The van der Waals surface area contributed by atoms with Crippen LogP contribution in [0.3, 0.4) is 0 Å². The largest absolute Gasteiger partial charge is 0.354 e. The lowest BCUT2D eigenvalue weighted by atomic mass is 10.1. The van der Waals surface area contributed by atoms with Gasteiger partial charge in [-0.1, -0.05) is 23.7 Å². The van der Waals surface area contributed by atoms with Crippen molar-refractivity contribution in [3.63, 3.8) is 0 Å². The highest BCUT2D eigenvalue weighted by atomic mass is 35.5. The Hall–Kier alpha value is -2.67. The number of rotatable bonds is 7. The minimum atomic E-state index is -0.342. The van der Waals surface area contributed by atoms with Crippen molar-refractivity contribution in [2.24, 2.45) is 0 Å². The Bertz CT molecular complexity index is 879. The molecule has 2 amide bonds. The highest BCUT2D eigenvalue weighted by Gasteiger charge is 2.19. The minimum Gasteiger partial charge on any atom is -0.354 e. The lowest BCUT2D eigenvalue weighted by molar-refractivity contribution is -0.127. The van der Waals surface area contributed by atoms with E-state index in [1.165, 1.54) is 6.07 Å². The zero-order valence-corrected chi connectivity index (χ0v) is 15.6. The number of amides is 2. The maximum atomic E-state index is 12.1. The molecule has 142 valence electrons. The first-order valence-electron chi connectivity index (χ1n) is 8.91. The number of halogens is 1. The number of benzene rings is 1. The van der Waals surface area contributed by atoms with Crippen LogP contribution in [0.1, 0.15) is 19.3 Å². The SMILES string of the molecule is O=C(Cn1nc(-c2ccc(Cl)cc2)ccc1=O)NCCCN1CCCC1=O. The summed E-state index contributed by atoms with van der Waals surface area (Å²) in [4.78, 5) is 37.4. The second-order valence-corrected chi connectivity index (χ2v) is 6.85. The van der Waals surface area contributed by atoms with E-state index in [1.807, 2.05) is 4.90 Å². The van der Waals surface area contributed by atoms with Crippen molar-refractivity contribution >= 4 is 23.4 Å². The molecule has 1 N–H and O–H groups in total. The third-order valence-corrected chi connectivity index (χ3v) is 4.65. The van der Waals surface area contributed by atoms with Gasteiger partial charge in [-0.05, 0) is 31.0 Å². The van der Waals surface area contributed by atoms with Crippen LogP contribution in [0.2, 0.25) is 5.02 Å². The molecule has 1 aliphatic heterocycles. The average molecular weight is 389 g/mol. The van der Waals surface area contributed by atoms with Crippen molar-refractivity contribution in [3.05, 3.63) is 51.8 Å². The minimum absolute atomic E-state index is 0.150. The van der Waals surface area contributed by atoms with Crippen molar-refractivity contribution in [2.45, 2.75) is 25.8 Å². The van der Waals surface area contributed by atoms with Crippen LogP contribution in [0.5, 0.6) is 0 Å². The molecule has 3 rings (SSSR count). The van der Waals surface area contributed by atoms with Gasteiger partial charge in [0.2, 0.25) is 11.8 Å². The summed E-state index contributed by atoms with van der Waals surface area (Å²) in [5.74, 6) is -0.110. The van der Waals surface area contributed by atoms with Gasteiger partial charge in [0.15, 0.2) is 0 Å². The lowest BCUT2D eigenvalue weighted by Gasteiger charge is -2.15. The Morgan fingerprint density at radius 3 is 2.63 bits per heavy atom. The van der Waals surface area contributed by atoms with E-state index in [2.05, 4.69) is 10.4 Å². The summed E-state index contributed by atoms with van der Waals surface area (Å²) in [6, 6.07) is 10.1. The fraction of sp³-hybridized carbons (Fsp3) is 0.368. The average Bonchev–Trinajstić information content (AvgIpc) is 3.06. The Labute approximate surface area is 161 Å². The third-order valence-electron chi connectivity index (χ3n) is 4.40. The van der Waals surface area contributed by atoms with E-state index in [4.69, 9.17) is 11.6 Å². The molecule has 8 heteroatoms. The molecular weight excluding hydrogens is 368 g/mol. The summed E-state index contributed by atoms with van der Waals surface area (Å²) in [7, 11) is 0. The Kier molecular flexibility index (Phi) is 6.24. The van der Waals surface area contributed by atoms with Crippen LogP contribution in [0.25, 0.3) is 11.3 Å². The third kappa shape index (κ3) is 5.17. The molecule has 1 fully saturated rings. The van der Waals surface area contributed by atoms with Gasteiger partial charge >= 0.3 is 0 Å². The summed E-state index contributed by atoms with van der Waals surface area (Å²) in [6.07, 6.45) is 2.21. The molecule has 2 heterocycles. The van der Waals surface area contributed by atoms with Gasteiger partial charge in [0.1, 0.15) is 6.54 Å². The number of nitrogens with zero attached hydrogens (tertiary/aromatic N) is 3. The number of likely N-dealkylation sites (tertiary alicyclic amines) is 1. The number of hydrogen-bond donors (Lipinski definition) is 1. The van der Waals surface area contributed by atoms with E-state index in [-0.39, 0.29) is 23.9 Å². The Morgan fingerprint density at radius 2 is 1.93 bits per heavy atom. The van der Waals surface area contributed by atoms with Crippen LogP contribution in [-0.2, 0) is 16.1 Å². The van der Waals surface area contributed by atoms with Gasteiger partial charge in [0.05, 0.1) is 5.69 Å². The summed E-state index contributed by atoms with van der Waals surface area (Å²) in [5.41, 5.74) is 1.06. The van der Waals surface area contributed by atoms with Crippen LogP contribution in [-0.4, -0.2) is 46.1 Å². The number of aromatic nitrogens is 2. The monoisotopic (exact) mass is 388 g/mol. The van der Waals surface area contributed by atoms with Crippen LogP contribution in [0.15, 0.2) is 41.2 Å². The zero-order chi connectivity index (χ0) is 19.2. The second-order valence-electron chi connectivity index (χ2n) is 6.41. The molecule has 0 aliphatic carbocycles. The van der Waals surface area contributed by atoms with Gasteiger partial charge < -0.3 is 10.2 Å². The van der Waals surface area contributed by atoms with Crippen LogP contribution < -0.4 is 10.9 Å². The lowest BCUT2D eigenvalue weighted by Crippen LogP contribution is -2.35. The van der Waals surface area contributed by atoms with Gasteiger partial charge in [-0.3, -0.25) is 14.4 Å². The van der Waals surface area contributed by atoms with E-state index < -0.39 is 0 Å². The van der Waals surface area contributed by atoms with E-state index >= 15 is 0 Å². The van der Waals surface area contributed by atoms with Gasteiger partial charge in [0.25, 0.3) is 5.56 Å². The molecule has 0 spiro atoms. The number of carbonyl (C=O) groups excluding carboxylic acids is 2. The first-order valence-corrected chi connectivity index (χ1v) is 9.29. The summed E-state index contributed by atoms with van der Waals surface area (Å²) in [5, 5.41) is 7.64. The second kappa shape index (κ2) is 8.81. The molecular formula is C19H21ClN4O3. The van der Waals surface area contributed by atoms with Crippen LogP contribution >= 0.6 is 11.6 Å². The van der Waals surface area contributed by atoms with Gasteiger partial charge in [-0.25, -0.2) is 4.68 Å². The number of nitrogens with one attached hydrogen (secondary N) is 1. The Balaban J connectivity index is 1.54. The smallest absolute Gasteiger partial charge is 0.267 e.